The van der Waals surface area contributed by atoms with E-state index in [0.717, 1.165) is 10.1 Å². The third-order valence-electron chi connectivity index (χ3n) is 9.11. The molecular formula is C51H33N5. The molecule has 0 atom stereocenters. The third-order valence-corrected chi connectivity index (χ3v) is 9.11. The molecule has 8 aromatic carbocycles. The van der Waals surface area contributed by atoms with E-state index in [0.29, 0.717) is 5.56 Å². The zero-order valence-corrected chi connectivity index (χ0v) is 28.4. The highest BCUT2D eigenvalue weighted by atomic mass is 15.2. The van der Waals surface area contributed by atoms with Crippen molar-refractivity contribution in [2.75, 3.05) is 0 Å². The molecule has 0 fully saturated rings. The van der Waals surface area contributed by atoms with Crippen LogP contribution in [0.5, 0.6) is 0 Å². The predicted molar refractivity (Wildman–Crippen MR) is 230 cm³/mol. The van der Waals surface area contributed by atoms with Crippen LogP contribution in [0.3, 0.4) is 0 Å². The Morgan fingerprint density at radius 3 is 1.64 bits per heavy atom. The topological polar surface area (TPSA) is 48.5 Å². The molecule has 11 rings (SSSR count). The van der Waals surface area contributed by atoms with Gasteiger partial charge in [-0.25, -0.2) is 4.98 Å². The van der Waals surface area contributed by atoms with Gasteiger partial charge in [0, 0.05) is 38.4 Å². The van der Waals surface area contributed by atoms with Gasteiger partial charge in [-0.3, -0.25) is 4.57 Å². The zero-order valence-electron chi connectivity index (χ0n) is 52.4. The molecule has 5 heteroatoms. The Morgan fingerprint density at radius 1 is 0.375 bits per heavy atom. The minimum atomic E-state index is -0.986. The van der Waals surface area contributed by atoms with Gasteiger partial charge in [-0.05, 0) is 64.6 Å². The third kappa shape index (κ3) is 5.21. The van der Waals surface area contributed by atoms with Gasteiger partial charge in [0.1, 0.15) is 0 Å². The fraction of sp³-hybridized carbons (Fsp3) is 0. The van der Waals surface area contributed by atoms with E-state index in [4.69, 9.17) is 21.9 Å². The molecule has 0 aliphatic carbocycles. The second kappa shape index (κ2) is 13.0. The molecule has 0 bridgehead atoms. The van der Waals surface area contributed by atoms with Gasteiger partial charge >= 0.3 is 0 Å². The lowest BCUT2D eigenvalue weighted by Gasteiger charge is -2.12. The van der Waals surface area contributed by atoms with Crippen molar-refractivity contribution in [1.29, 1.82) is 0 Å². The molecule has 0 saturated heterocycles. The number of hydrogen-bond acceptors (Lipinski definition) is 3. The Bertz CT molecular complexity index is 4590. The van der Waals surface area contributed by atoms with Gasteiger partial charge in [0.25, 0.3) is 0 Å². The van der Waals surface area contributed by atoms with Gasteiger partial charge in [-0.2, -0.15) is 9.97 Å². The summed E-state index contributed by atoms with van der Waals surface area (Å²) in [6, 6.07) is -4.11. The van der Waals surface area contributed by atoms with Crippen molar-refractivity contribution in [3.8, 4) is 56.7 Å². The summed E-state index contributed by atoms with van der Waals surface area (Å²) < 4.78 is 218. The first kappa shape index (κ1) is 16.0. The molecule has 11 aromatic rings. The van der Waals surface area contributed by atoms with E-state index in [2.05, 4.69) is 15.0 Å². The highest BCUT2D eigenvalue weighted by molar-refractivity contribution is 6.28. The standard InChI is InChI=1S/C51H33N5/c1-4-16-34(17-5-1)37-22-14-24-39(32-37)50-52-49(36-20-8-3-9-21-36)53-51(54-50)56-44-29-13-11-27-42(44)48-46(56)31-30-45-47(48)41-26-10-12-28-43(41)55(45)40-25-15-23-38(33-40)35-18-6-2-7-19-35/h1-33H/i1D,3D,4D,5D,8D,9D,10D,11D,12D,13D,14D,16D,17D,20D,21D,22D,24D,26D,27D,28D,29D,30D,31D,32D. The maximum atomic E-state index is 9.97. The molecule has 0 radical (unpaired) electrons. The number of nitrogens with zero attached hydrogens (tertiary/aromatic N) is 5. The van der Waals surface area contributed by atoms with Gasteiger partial charge in [0.2, 0.25) is 5.95 Å². The van der Waals surface area contributed by atoms with E-state index in [9.17, 15) is 11.0 Å². The molecule has 0 amide bonds. The lowest BCUT2D eigenvalue weighted by Crippen LogP contribution is -2.06. The molecule has 0 aliphatic rings. The first-order valence-corrected chi connectivity index (χ1v) is 16.9. The van der Waals surface area contributed by atoms with Gasteiger partial charge in [-0.15, -0.1) is 0 Å². The number of fused-ring (bicyclic) bond motifs is 7. The van der Waals surface area contributed by atoms with Crippen LogP contribution in [-0.4, -0.2) is 24.1 Å². The first-order valence-electron chi connectivity index (χ1n) is 28.9. The number of aromatic nitrogens is 5. The van der Waals surface area contributed by atoms with Crippen molar-refractivity contribution in [2.45, 2.75) is 0 Å². The van der Waals surface area contributed by atoms with Crippen LogP contribution in [0.1, 0.15) is 32.9 Å². The average Bonchev–Trinajstić information content (AvgIpc) is 4.12. The quantitative estimate of drug-likeness (QED) is 0.171. The molecule has 3 aromatic heterocycles. The number of benzene rings is 8. The van der Waals surface area contributed by atoms with E-state index in [1.54, 1.807) is 24.3 Å². The minimum Gasteiger partial charge on any atom is -0.309 e. The highest BCUT2D eigenvalue weighted by Crippen LogP contribution is 2.42. The fourth-order valence-electron chi connectivity index (χ4n) is 6.75. The summed E-state index contributed by atoms with van der Waals surface area (Å²) in [4.78, 5) is 13.5. The molecule has 0 aliphatic heterocycles. The van der Waals surface area contributed by atoms with E-state index in [1.807, 2.05) is 30.3 Å². The van der Waals surface area contributed by atoms with Crippen molar-refractivity contribution in [2.24, 2.45) is 0 Å². The van der Waals surface area contributed by atoms with Gasteiger partial charge < -0.3 is 4.57 Å². The summed E-state index contributed by atoms with van der Waals surface area (Å²) in [5, 5.41) is -1.14. The van der Waals surface area contributed by atoms with Crippen molar-refractivity contribution >= 4 is 43.6 Å². The number of rotatable bonds is 6. The van der Waals surface area contributed by atoms with E-state index in [-0.39, 0.29) is 32.9 Å². The molecule has 0 saturated carbocycles. The molecular weight excluding hydrogens is 683 g/mol. The average molecular weight is 740 g/mol. The Balaban J connectivity index is 1.38. The van der Waals surface area contributed by atoms with Gasteiger partial charge in [-0.1, -0.05) is 157 Å². The van der Waals surface area contributed by atoms with E-state index < -0.39 is 201 Å². The van der Waals surface area contributed by atoms with E-state index >= 15 is 0 Å². The van der Waals surface area contributed by atoms with Crippen molar-refractivity contribution < 1.29 is 32.9 Å². The summed E-state index contributed by atoms with van der Waals surface area (Å²) in [6.07, 6.45) is 0. The fourth-order valence-corrected chi connectivity index (χ4v) is 6.75. The van der Waals surface area contributed by atoms with Crippen LogP contribution in [0.4, 0.5) is 0 Å². The Hall–Kier alpha value is -7.63. The van der Waals surface area contributed by atoms with Crippen LogP contribution in [0.15, 0.2) is 200 Å². The Kier molecular flexibility index (Phi) is 3.73. The zero-order chi connectivity index (χ0) is 57.9. The largest absolute Gasteiger partial charge is 0.309 e. The maximum absolute atomic E-state index is 9.97. The maximum Gasteiger partial charge on any atom is 0.238 e. The summed E-state index contributed by atoms with van der Waals surface area (Å²) >= 11 is 0. The smallest absolute Gasteiger partial charge is 0.238 e. The van der Waals surface area contributed by atoms with Crippen LogP contribution in [-0.2, 0) is 0 Å². The molecule has 5 nitrogen and oxygen atoms in total. The molecule has 56 heavy (non-hydrogen) atoms. The summed E-state index contributed by atoms with van der Waals surface area (Å²) in [7, 11) is 0. The van der Waals surface area contributed by atoms with Crippen LogP contribution in [0.25, 0.3) is 100 Å². The van der Waals surface area contributed by atoms with Crippen molar-refractivity contribution in [3.05, 3.63) is 200 Å². The van der Waals surface area contributed by atoms with Crippen molar-refractivity contribution in [1.82, 2.24) is 24.1 Å². The van der Waals surface area contributed by atoms with Crippen LogP contribution in [0.2, 0.25) is 0 Å². The minimum absolute atomic E-state index is 0.186. The second-order valence-electron chi connectivity index (χ2n) is 12.3. The molecule has 262 valence electrons. The summed E-state index contributed by atoms with van der Waals surface area (Å²) in [5.74, 6) is -2.53. The summed E-state index contributed by atoms with van der Waals surface area (Å²) in [5.41, 5.74) is -2.81. The van der Waals surface area contributed by atoms with Crippen LogP contribution in [0, 0.1) is 0 Å². The summed E-state index contributed by atoms with van der Waals surface area (Å²) in [6.45, 7) is 0. The molecule has 0 spiro atoms. The van der Waals surface area contributed by atoms with E-state index in [1.165, 1.54) is 4.57 Å². The number of para-hydroxylation sites is 2. The first-order chi connectivity index (χ1) is 37.8. The lowest BCUT2D eigenvalue weighted by molar-refractivity contribution is 0.953. The lowest BCUT2D eigenvalue weighted by atomic mass is 10.0. The van der Waals surface area contributed by atoms with Gasteiger partial charge in [0.05, 0.1) is 55.0 Å². The monoisotopic (exact) mass is 739 g/mol. The normalized spacial score (nSPS) is 17.6. The van der Waals surface area contributed by atoms with Crippen LogP contribution < -0.4 is 0 Å². The number of hydrogen-bond donors (Lipinski definition) is 0. The SMILES string of the molecule is [2H]c1c([2H])c([2H])c(-c2nc(-c3c([2H])c([2H])c([2H])c(-c4c([2H])c([2H])c([2H])c([2H])c4[2H])c3[2H])nc(-n3c4c([2H])c([2H])c([2H])c([2H])c4c4c5c6c([2H])c([2H])c([2H])c([2H])c6n(-c6cccc(-c7ccccc7)c6)c5c([2H])c([2H])c43)n2)c([2H])c1[2H]. The Labute approximate surface area is 357 Å². The predicted octanol–water partition coefficient (Wildman–Crippen LogP) is 12.7. The van der Waals surface area contributed by atoms with Gasteiger partial charge in [0.15, 0.2) is 11.6 Å². The van der Waals surface area contributed by atoms with Crippen LogP contribution >= 0.6 is 0 Å². The van der Waals surface area contributed by atoms with Crippen molar-refractivity contribution in [3.63, 3.8) is 0 Å². The Morgan fingerprint density at radius 2 is 0.929 bits per heavy atom. The second-order valence-corrected chi connectivity index (χ2v) is 12.3. The molecule has 0 unspecified atom stereocenters. The molecule has 3 heterocycles. The highest BCUT2D eigenvalue weighted by Gasteiger charge is 2.22. The molecule has 0 N–H and O–H groups in total.